The van der Waals surface area contributed by atoms with Crippen LogP contribution in [0.3, 0.4) is 0 Å². The largest absolute Gasteiger partial charge is 0.464 e. The van der Waals surface area contributed by atoms with Crippen LogP contribution in [0.2, 0.25) is 0 Å². The summed E-state index contributed by atoms with van der Waals surface area (Å²) in [6.45, 7) is 0. The molecule has 4 aromatic rings. The van der Waals surface area contributed by atoms with E-state index in [4.69, 9.17) is 4.42 Å². The Morgan fingerprint density at radius 1 is 0.810 bits per heavy atom. The summed E-state index contributed by atoms with van der Waals surface area (Å²) in [5.41, 5.74) is 2.48. The minimum Gasteiger partial charge on any atom is -0.464 e. The monoisotopic (exact) mass is 274 g/mol. The molecule has 0 saturated carbocycles. The van der Waals surface area contributed by atoms with Gasteiger partial charge in [0.25, 0.3) is 0 Å². The van der Waals surface area contributed by atoms with Crippen molar-refractivity contribution in [3.05, 3.63) is 84.1 Å². The molecule has 4 rings (SSSR count). The van der Waals surface area contributed by atoms with Crippen molar-refractivity contribution in [2.24, 2.45) is 0 Å². The maximum Gasteiger partial charge on any atom is 0.134 e. The van der Waals surface area contributed by atoms with Gasteiger partial charge in [0.15, 0.2) is 0 Å². The molecule has 0 aliphatic carbocycles. The molecule has 2 nitrogen and oxygen atoms in total. The molecule has 3 aromatic carbocycles. The van der Waals surface area contributed by atoms with Crippen molar-refractivity contribution in [3.8, 4) is 0 Å². The van der Waals surface area contributed by atoms with Crippen molar-refractivity contribution in [3.63, 3.8) is 0 Å². The molecular formula is C19H14O2. The highest BCUT2D eigenvalue weighted by Gasteiger charge is 2.16. The Hall–Kier alpha value is -2.58. The summed E-state index contributed by atoms with van der Waals surface area (Å²) in [7, 11) is 0. The van der Waals surface area contributed by atoms with Crippen LogP contribution >= 0.6 is 0 Å². The summed E-state index contributed by atoms with van der Waals surface area (Å²) >= 11 is 0. The lowest BCUT2D eigenvalue weighted by atomic mass is 9.98. The number of hydrogen-bond acceptors (Lipinski definition) is 2. The predicted molar refractivity (Wildman–Crippen MR) is 84.2 cm³/mol. The summed E-state index contributed by atoms with van der Waals surface area (Å²) in [4.78, 5) is 0. The van der Waals surface area contributed by atoms with Gasteiger partial charge in [-0.2, -0.15) is 0 Å². The number of rotatable bonds is 2. The average molecular weight is 274 g/mol. The Labute approximate surface area is 122 Å². The molecule has 0 saturated heterocycles. The summed E-state index contributed by atoms with van der Waals surface area (Å²) in [6.07, 6.45) is 0.961. The van der Waals surface area contributed by atoms with E-state index < -0.39 is 6.10 Å². The van der Waals surface area contributed by atoms with Gasteiger partial charge < -0.3 is 9.52 Å². The minimum absolute atomic E-state index is 0.682. The van der Waals surface area contributed by atoms with E-state index in [-0.39, 0.29) is 0 Å². The molecular weight excluding hydrogens is 260 g/mol. The summed E-state index contributed by atoms with van der Waals surface area (Å²) in [5, 5.41) is 13.9. The zero-order chi connectivity index (χ0) is 14.2. The Morgan fingerprint density at radius 2 is 1.57 bits per heavy atom. The number of aliphatic hydroxyl groups is 1. The number of furan rings is 1. The van der Waals surface area contributed by atoms with Gasteiger partial charge in [0, 0.05) is 10.9 Å². The molecule has 0 aliphatic heterocycles. The van der Waals surface area contributed by atoms with Crippen LogP contribution < -0.4 is 0 Å². The SMILES string of the molecule is OC(c1ccc2ccccc2c1)c1coc2ccccc12. The first-order chi connectivity index (χ1) is 10.3. The van der Waals surface area contributed by atoms with Crippen LogP contribution in [0.1, 0.15) is 17.2 Å². The van der Waals surface area contributed by atoms with E-state index in [0.717, 1.165) is 27.5 Å². The zero-order valence-electron chi connectivity index (χ0n) is 11.4. The lowest BCUT2D eigenvalue weighted by Crippen LogP contribution is -1.98. The molecule has 0 aliphatic rings. The fourth-order valence-electron chi connectivity index (χ4n) is 2.77. The van der Waals surface area contributed by atoms with E-state index in [1.807, 2.05) is 54.6 Å². The van der Waals surface area contributed by atoms with Gasteiger partial charge in [-0.25, -0.2) is 0 Å². The summed E-state index contributed by atoms with van der Waals surface area (Å²) in [6, 6.07) is 21.9. The van der Waals surface area contributed by atoms with E-state index in [0.29, 0.717) is 0 Å². The maximum absolute atomic E-state index is 10.7. The molecule has 0 bridgehead atoms. The maximum atomic E-state index is 10.7. The molecule has 1 aromatic heterocycles. The normalized spacial score (nSPS) is 12.8. The third kappa shape index (κ3) is 2.01. The van der Waals surface area contributed by atoms with E-state index in [1.54, 1.807) is 6.26 Å². The highest BCUT2D eigenvalue weighted by molar-refractivity contribution is 5.84. The first-order valence-electron chi connectivity index (χ1n) is 6.96. The molecule has 2 heteroatoms. The smallest absolute Gasteiger partial charge is 0.134 e. The standard InChI is InChI=1S/C19H14O2/c20-19(17-12-21-18-8-4-3-7-16(17)18)15-10-9-13-5-1-2-6-14(13)11-15/h1-12,19-20H. The van der Waals surface area contributed by atoms with Crippen LogP contribution in [0.15, 0.2) is 77.4 Å². The average Bonchev–Trinajstić information content (AvgIpc) is 2.98. The third-order valence-electron chi connectivity index (χ3n) is 3.89. The van der Waals surface area contributed by atoms with Crippen molar-refractivity contribution in [2.45, 2.75) is 6.10 Å². The first-order valence-corrected chi connectivity index (χ1v) is 6.96. The summed E-state index contributed by atoms with van der Waals surface area (Å²) in [5.74, 6) is 0. The van der Waals surface area contributed by atoms with Gasteiger partial charge in [-0.1, -0.05) is 54.6 Å². The number of aliphatic hydroxyl groups excluding tert-OH is 1. The Balaban J connectivity index is 1.83. The first kappa shape index (κ1) is 12.2. The van der Waals surface area contributed by atoms with Crippen LogP contribution in [0.25, 0.3) is 21.7 Å². The molecule has 21 heavy (non-hydrogen) atoms. The highest BCUT2D eigenvalue weighted by Crippen LogP contribution is 2.31. The van der Waals surface area contributed by atoms with Gasteiger partial charge in [0.1, 0.15) is 11.7 Å². The van der Waals surface area contributed by atoms with Gasteiger partial charge in [-0.15, -0.1) is 0 Å². The van der Waals surface area contributed by atoms with Crippen molar-refractivity contribution in [1.29, 1.82) is 0 Å². The van der Waals surface area contributed by atoms with Crippen LogP contribution in [-0.2, 0) is 0 Å². The Kier molecular flexibility index (Phi) is 2.76. The second-order valence-electron chi connectivity index (χ2n) is 5.20. The van der Waals surface area contributed by atoms with E-state index >= 15 is 0 Å². The van der Waals surface area contributed by atoms with Crippen molar-refractivity contribution in [2.75, 3.05) is 0 Å². The number of hydrogen-bond donors (Lipinski definition) is 1. The van der Waals surface area contributed by atoms with Crippen LogP contribution in [0, 0.1) is 0 Å². The van der Waals surface area contributed by atoms with Crippen molar-refractivity contribution < 1.29 is 9.52 Å². The van der Waals surface area contributed by atoms with E-state index in [9.17, 15) is 5.11 Å². The van der Waals surface area contributed by atoms with Crippen LogP contribution in [0.4, 0.5) is 0 Å². The fraction of sp³-hybridized carbons (Fsp3) is 0.0526. The lowest BCUT2D eigenvalue weighted by Gasteiger charge is -2.10. The van der Waals surface area contributed by atoms with Gasteiger partial charge in [-0.3, -0.25) is 0 Å². The number of para-hydroxylation sites is 1. The lowest BCUT2D eigenvalue weighted by molar-refractivity contribution is 0.220. The van der Waals surface area contributed by atoms with Crippen LogP contribution in [0.5, 0.6) is 0 Å². The molecule has 0 radical (unpaired) electrons. The van der Waals surface area contributed by atoms with Gasteiger partial charge in [0.2, 0.25) is 0 Å². The van der Waals surface area contributed by atoms with Gasteiger partial charge in [-0.05, 0) is 28.5 Å². The fourth-order valence-corrected chi connectivity index (χ4v) is 2.77. The van der Waals surface area contributed by atoms with E-state index in [2.05, 4.69) is 12.1 Å². The molecule has 0 fully saturated rings. The topological polar surface area (TPSA) is 33.4 Å². The molecule has 0 amide bonds. The minimum atomic E-state index is -0.682. The Bertz CT molecular complexity index is 921. The molecule has 1 unspecified atom stereocenters. The quantitative estimate of drug-likeness (QED) is 0.576. The molecule has 1 heterocycles. The second kappa shape index (κ2) is 4.76. The number of benzene rings is 3. The van der Waals surface area contributed by atoms with Crippen molar-refractivity contribution in [1.82, 2.24) is 0 Å². The third-order valence-corrected chi connectivity index (χ3v) is 3.89. The molecule has 102 valence electrons. The number of fused-ring (bicyclic) bond motifs is 2. The summed E-state index contributed by atoms with van der Waals surface area (Å²) < 4.78 is 5.52. The highest BCUT2D eigenvalue weighted by atomic mass is 16.3. The van der Waals surface area contributed by atoms with Crippen molar-refractivity contribution >= 4 is 21.7 Å². The molecule has 1 atom stereocenters. The van der Waals surface area contributed by atoms with E-state index in [1.165, 1.54) is 5.39 Å². The second-order valence-corrected chi connectivity index (χ2v) is 5.20. The zero-order valence-corrected chi connectivity index (χ0v) is 11.4. The Morgan fingerprint density at radius 3 is 2.48 bits per heavy atom. The predicted octanol–water partition coefficient (Wildman–Crippen LogP) is 4.67. The molecule has 0 spiro atoms. The van der Waals surface area contributed by atoms with Crippen LogP contribution in [-0.4, -0.2) is 5.11 Å². The molecule has 1 N–H and O–H groups in total. The van der Waals surface area contributed by atoms with Gasteiger partial charge >= 0.3 is 0 Å². The van der Waals surface area contributed by atoms with Gasteiger partial charge in [0.05, 0.1) is 6.26 Å².